The molecule has 0 aliphatic heterocycles. The predicted molar refractivity (Wildman–Crippen MR) is 74.0 cm³/mol. The first-order chi connectivity index (χ1) is 8.74. The van der Waals surface area contributed by atoms with Crippen molar-refractivity contribution in [1.29, 1.82) is 0 Å². The second-order valence-electron chi connectivity index (χ2n) is 4.40. The van der Waals surface area contributed by atoms with Crippen LogP contribution in [0.25, 0.3) is 0 Å². The first-order valence-corrected chi connectivity index (χ1v) is 6.23. The summed E-state index contributed by atoms with van der Waals surface area (Å²) in [7, 11) is 0. The molecule has 18 heavy (non-hydrogen) atoms. The highest BCUT2D eigenvalue weighted by molar-refractivity contribution is 5.31. The van der Waals surface area contributed by atoms with E-state index in [2.05, 4.69) is 41.6 Å². The first-order valence-electron chi connectivity index (χ1n) is 6.23. The molecule has 1 atom stereocenters. The SMILES string of the molecule is CCc1ccc(C(NN)c2cccc(C)n2)cc1. The van der Waals surface area contributed by atoms with Crippen LogP contribution in [-0.4, -0.2) is 4.98 Å². The number of nitrogens with two attached hydrogens (primary N) is 1. The quantitative estimate of drug-likeness (QED) is 0.639. The van der Waals surface area contributed by atoms with Gasteiger partial charge in [-0.05, 0) is 36.6 Å². The number of hydrogen-bond acceptors (Lipinski definition) is 3. The maximum absolute atomic E-state index is 5.67. The Balaban J connectivity index is 2.32. The van der Waals surface area contributed by atoms with Crippen LogP contribution in [0.3, 0.4) is 0 Å². The van der Waals surface area contributed by atoms with Gasteiger partial charge in [-0.15, -0.1) is 0 Å². The minimum absolute atomic E-state index is 0.0594. The molecule has 1 heterocycles. The molecule has 0 saturated heterocycles. The minimum Gasteiger partial charge on any atom is -0.271 e. The van der Waals surface area contributed by atoms with Crippen LogP contribution in [-0.2, 0) is 6.42 Å². The molecule has 0 radical (unpaired) electrons. The van der Waals surface area contributed by atoms with Gasteiger partial charge in [0.05, 0.1) is 11.7 Å². The van der Waals surface area contributed by atoms with Gasteiger partial charge in [-0.1, -0.05) is 37.3 Å². The molecule has 1 aromatic carbocycles. The fourth-order valence-electron chi connectivity index (χ4n) is 2.02. The summed E-state index contributed by atoms with van der Waals surface area (Å²) in [5.74, 6) is 5.67. The molecule has 3 N–H and O–H groups in total. The first kappa shape index (κ1) is 12.7. The Kier molecular flexibility index (Phi) is 4.07. The average Bonchev–Trinajstić information content (AvgIpc) is 2.40. The highest BCUT2D eigenvalue weighted by Gasteiger charge is 2.13. The van der Waals surface area contributed by atoms with Crippen LogP contribution in [0.2, 0.25) is 0 Å². The largest absolute Gasteiger partial charge is 0.271 e. The second kappa shape index (κ2) is 5.76. The zero-order chi connectivity index (χ0) is 13.0. The van der Waals surface area contributed by atoms with Crippen molar-refractivity contribution >= 4 is 0 Å². The van der Waals surface area contributed by atoms with E-state index in [4.69, 9.17) is 5.84 Å². The van der Waals surface area contributed by atoms with Crippen LogP contribution < -0.4 is 11.3 Å². The van der Waals surface area contributed by atoms with E-state index in [0.717, 1.165) is 23.4 Å². The normalized spacial score (nSPS) is 12.4. The van der Waals surface area contributed by atoms with Gasteiger partial charge in [0.25, 0.3) is 0 Å². The molecule has 94 valence electrons. The van der Waals surface area contributed by atoms with Gasteiger partial charge >= 0.3 is 0 Å². The molecule has 2 rings (SSSR count). The molecule has 0 aliphatic carbocycles. The lowest BCUT2D eigenvalue weighted by molar-refractivity contribution is 0.619. The molecule has 1 unspecified atom stereocenters. The predicted octanol–water partition coefficient (Wildman–Crippen LogP) is 2.51. The van der Waals surface area contributed by atoms with E-state index in [9.17, 15) is 0 Å². The van der Waals surface area contributed by atoms with Gasteiger partial charge in [0.2, 0.25) is 0 Å². The van der Waals surface area contributed by atoms with Gasteiger partial charge in [0.15, 0.2) is 0 Å². The summed E-state index contributed by atoms with van der Waals surface area (Å²) in [6.45, 7) is 4.13. The van der Waals surface area contributed by atoms with Crippen molar-refractivity contribution < 1.29 is 0 Å². The lowest BCUT2D eigenvalue weighted by atomic mass is 10.0. The zero-order valence-electron chi connectivity index (χ0n) is 10.9. The van der Waals surface area contributed by atoms with Crippen LogP contribution in [0.5, 0.6) is 0 Å². The van der Waals surface area contributed by atoms with Gasteiger partial charge in [-0.25, -0.2) is 5.43 Å². The number of pyridine rings is 1. The average molecular weight is 241 g/mol. The highest BCUT2D eigenvalue weighted by Crippen LogP contribution is 2.20. The van der Waals surface area contributed by atoms with Gasteiger partial charge in [0, 0.05) is 5.69 Å². The summed E-state index contributed by atoms with van der Waals surface area (Å²) in [6, 6.07) is 14.4. The molecule has 0 spiro atoms. The third kappa shape index (κ3) is 2.75. The number of rotatable bonds is 4. The molecule has 3 nitrogen and oxygen atoms in total. The molecule has 0 aliphatic rings. The Morgan fingerprint density at radius 1 is 1.17 bits per heavy atom. The summed E-state index contributed by atoms with van der Waals surface area (Å²) < 4.78 is 0. The Hall–Kier alpha value is -1.71. The third-order valence-electron chi connectivity index (χ3n) is 3.09. The van der Waals surface area contributed by atoms with Crippen molar-refractivity contribution in [2.24, 2.45) is 5.84 Å². The molecular formula is C15H19N3. The molecule has 0 bridgehead atoms. The molecular weight excluding hydrogens is 222 g/mol. The smallest absolute Gasteiger partial charge is 0.0881 e. The van der Waals surface area contributed by atoms with E-state index in [-0.39, 0.29) is 6.04 Å². The zero-order valence-corrected chi connectivity index (χ0v) is 10.9. The number of nitrogens with one attached hydrogen (secondary N) is 1. The van der Waals surface area contributed by atoms with Crippen LogP contribution in [0, 0.1) is 6.92 Å². The van der Waals surface area contributed by atoms with E-state index in [1.807, 2.05) is 25.1 Å². The van der Waals surface area contributed by atoms with E-state index >= 15 is 0 Å². The molecule has 1 aromatic heterocycles. The van der Waals surface area contributed by atoms with Crippen molar-refractivity contribution in [2.75, 3.05) is 0 Å². The lowest BCUT2D eigenvalue weighted by Gasteiger charge is -2.16. The van der Waals surface area contributed by atoms with Crippen molar-refractivity contribution in [3.63, 3.8) is 0 Å². The van der Waals surface area contributed by atoms with Crippen LogP contribution in [0.1, 0.15) is 35.5 Å². The minimum atomic E-state index is -0.0594. The van der Waals surface area contributed by atoms with Crippen molar-refractivity contribution in [3.8, 4) is 0 Å². The highest BCUT2D eigenvalue weighted by atomic mass is 15.2. The molecule has 0 saturated carbocycles. The van der Waals surface area contributed by atoms with Crippen molar-refractivity contribution in [1.82, 2.24) is 10.4 Å². The third-order valence-corrected chi connectivity index (χ3v) is 3.09. The summed E-state index contributed by atoms with van der Waals surface area (Å²) in [5, 5.41) is 0. The number of nitrogens with zero attached hydrogens (tertiary/aromatic N) is 1. The fraction of sp³-hybridized carbons (Fsp3) is 0.267. The molecule has 2 aromatic rings. The van der Waals surface area contributed by atoms with E-state index in [0.29, 0.717) is 0 Å². The number of aryl methyl sites for hydroxylation is 2. The second-order valence-corrected chi connectivity index (χ2v) is 4.40. The Bertz CT molecular complexity index is 505. The Morgan fingerprint density at radius 2 is 1.89 bits per heavy atom. The van der Waals surface area contributed by atoms with E-state index in [1.54, 1.807) is 0 Å². The van der Waals surface area contributed by atoms with Crippen LogP contribution in [0.15, 0.2) is 42.5 Å². The molecule has 3 heteroatoms. The topological polar surface area (TPSA) is 50.9 Å². The van der Waals surface area contributed by atoms with E-state index in [1.165, 1.54) is 5.56 Å². The summed E-state index contributed by atoms with van der Waals surface area (Å²) in [5.41, 5.74) is 7.24. The fourth-order valence-corrected chi connectivity index (χ4v) is 2.02. The maximum Gasteiger partial charge on any atom is 0.0881 e. The molecule has 0 fully saturated rings. The van der Waals surface area contributed by atoms with Crippen molar-refractivity contribution in [3.05, 3.63) is 65.0 Å². The van der Waals surface area contributed by atoms with E-state index < -0.39 is 0 Å². The maximum atomic E-state index is 5.67. The monoisotopic (exact) mass is 241 g/mol. The summed E-state index contributed by atoms with van der Waals surface area (Å²) >= 11 is 0. The summed E-state index contributed by atoms with van der Waals surface area (Å²) in [4.78, 5) is 4.52. The van der Waals surface area contributed by atoms with Crippen molar-refractivity contribution in [2.45, 2.75) is 26.3 Å². The van der Waals surface area contributed by atoms with Gasteiger partial charge in [-0.2, -0.15) is 0 Å². The Labute approximate surface area is 108 Å². The summed E-state index contributed by atoms with van der Waals surface area (Å²) in [6.07, 6.45) is 1.05. The molecule has 0 amide bonds. The number of benzene rings is 1. The van der Waals surface area contributed by atoms with Crippen LogP contribution in [0.4, 0.5) is 0 Å². The number of hydrazine groups is 1. The number of hydrogen-bond donors (Lipinski definition) is 2. The number of aromatic nitrogens is 1. The van der Waals surface area contributed by atoms with Gasteiger partial charge in [0.1, 0.15) is 0 Å². The standard InChI is InChI=1S/C15H19N3/c1-3-12-7-9-13(10-8-12)15(18-16)14-6-4-5-11(2)17-14/h4-10,15,18H,3,16H2,1-2H3. The van der Waals surface area contributed by atoms with Gasteiger partial charge < -0.3 is 0 Å². The van der Waals surface area contributed by atoms with Crippen LogP contribution >= 0.6 is 0 Å². The van der Waals surface area contributed by atoms with Gasteiger partial charge in [-0.3, -0.25) is 10.8 Å². The Morgan fingerprint density at radius 3 is 2.44 bits per heavy atom. The lowest BCUT2D eigenvalue weighted by Crippen LogP contribution is -2.29.